The summed E-state index contributed by atoms with van der Waals surface area (Å²) in [5, 5.41) is 10.2. The van der Waals surface area contributed by atoms with Crippen LogP contribution in [0.2, 0.25) is 0 Å². The predicted octanol–water partition coefficient (Wildman–Crippen LogP) is 8.32. The van der Waals surface area contributed by atoms with Crippen molar-refractivity contribution in [2.75, 3.05) is 97.4 Å². The lowest BCUT2D eigenvalue weighted by Gasteiger charge is -2.29. The first kappa shape index (κ1) is 42.8. The van der Waals surface area contributed by atoms with Crippen LogP contribution in [0.5, 0.6) is 5.75 Å². The van der Waals surface area contributed by atoms with Crippen molar-refractivity contribution < 1.29 is 14.2 Å². The number of aromatic nitrogens is 8. The van der Waals surface area contributed by atoms with Gasteiger partial charge in [-0.05, 0) is 98.1 Å². The van der Waals surface area contributed by atoms with Gasteiger partial charge in [-0.2, -0.15) is 24.9 Å². The zero-order valence-electron chi connectivity index (χ0n) is 37.6. The van der Waals surface area contributed by atoms with Crippen molar-refractivity contribution in [3.05, 3.63) is 114 Å². The van der Waals surface area contributed by atoms with E-state index in [1.165, 1.54) is 16.7 Å². The molecule has 2 aliphatic rings. The summed E-state index contributed by atoms with van der Waals surface area (Å²) in [7, 11) is 5.58. The van der Waals surface area contributed by atoms with E-state index in [4.69, 9.17) is 44.1 Å². The molecule has 2 fully saturated rings. The maximum atomic E-state index is 5.55. The van der Waals surface area contributed by atoms with Gasteiger partial charge in [-0.1, -0.05) is 36.4 Å². The molecule has 4 aromatic carbocycles. The van der Waals surface area contributed by atoms with Crippen molar-refractivity contribution in [3.8, 4) is 5.75 Å². The highest BCUT2D eigenvalue weighted by Crippen LogP contribution is 2.32. The third-order valence-electron chi connectivity index (χ3n) is 11.2. The fourth-order valence-corrected chi connectivity index (χ4v) is 7.78. The zero-order valence-corrected chi connectivity index (χ0v) is 37.6. The lowest BCUT2D eigenvalue weighted by molar-refractivity contribution is 0.122. The molecule has 2 aliphatic heterocycles. The second kappa shape index (κ2) is 19.1. The molecule has 65 heavy (non-hydrogen) atoms. The second-order valence-electron chi connectivity index (χ2n) is 16.1. The number of imidazole rings is 2. The Bertz CT molecular complexity index is 2900. The minimum absolute atomic E-state index is 0.551. The Morgan fingerprint density at radius 1 is 0.631 bits per heavy atom. The van der Waals surface area contributed by atoms with E-state index < -0.39 is 0 Å². The number of hydrogen-bond donors (Lipinski definition) is 4. The highest BCUT2D eigenvalue weighted by atomic mass is 16.5. The number of nitrogens with zero attached hydrogens (tertiary/aromatic N) is 10. The number of ether oxygens (including phenoxy) is 3. The third kappa shape index (κ3) is 9.85. The van der Waals surface area contributed by atoms with Gasteiger partial charge in [0.15, 0.2) is 28.4 Å². The summed E-state index contributed by atoms with van der Waals surface area (Å²) in [4.78, 5) is 38.8. The van der Waals surface area contributed by atoms with Crippen LogP contribution in [0.3, 0.4) is 0 Å². The first-order valence-electron chi connectivity index (χ1n) is 21.7. The summed E-state index contributed by atoms with van der Waals surface area (Å²) < 4.78 is 18.4. The minimum Gasteiger partial charge on any atom is -0.497 e. The van der Waals surface area contributed by atoms with Gasteiger partial charge in [0.2, 0.25) is 23.8 Å². The van der Waals surface area contributed by atoms with Crippen molar-refractivity contribution in [2.45, 2.75) is 20.8 Å². The van der Waals surface area contributed by atoms with Crippen LogP contribution in [0.4, 0.5) is 58.2 Å². The summed E-state index contributed by atoms with van der Waals surface area (Å²) in [6.07, 6.45) is 0. The molecule has 6 heterocycles. The number of rotatable bonds is 11. The molecule has 4 aromatic heterocycles. The maximum Gasteiger partial charge on any atom is 0.233 e. The van der Waals surface area contributed by atoms with E-state index in [-0.39, 0.29) is 0 Å². The Labute approximate surface area is 377 Å². The quantitative estimate of drug-likeness (QED) is 0.0977. The molecule has 17 nitrogen and oxygen atoms in total. The van der Waals surface area contributed by atoms with E-state index in [0.29, 0.717) is 49.9 Å². The van der Waals surface area contributed by atoms with Gasteiger partial charge in [-0.25, -0.2) is 4.98 Å². The van der Waals surface area contributed by atoms with Crippen molar-refractivity contribution >= 4 is 80.5 Å². The number of fused-ring (bicyclic) bond motifs is 2. The number of aryl methyl sites for hydroxylation is 4. The van der Waals surface area contributed by atoms with E-state index in [1.54, 1.807) is 7.11 Å². The zero-order chi connectivity index (χ0) is 44.9. The van der Waals surface area contributed by atoms with Crippen LogP contribution in [0.1, 0.15) is 16.7 Å². The smallest absolute Gasteiger partial charge is 0.233 e. The Kier molecular flexibility index (Phi) is 12.6. The van der Waals surface area contributed by atoms with Gasteiger partial charge in [0.1, 0.15) is 11.3 Å². The number of aromatic amines is 1. The molecule has 17 heteroatoms. The summed E-state index contributed by atoms with van der Waals surface area (Å²) in [6, 6.07) is 32.4. The normalized spacial score (nSPS) is 13.9. The number of nitrogens with one attached hydrogen (secondary N) is 4. The molecule has 0 spiro atoms. The Hall–Kier alpha value is -7.50. The molecule has 0 atom stereocenters. The standard InChI is InChI=1S/C24H27N7O2.C24H27N7O/c1-16-5-4-6-17(15-16)25-23-26-20-21(27-23)28-24(29-22(20)31-11-13-33-14-12-31)30(2)18-7-9-19(32-3)10-8-18;1-16-6-4-8-18(14-16)25-23-28-21-20(22(29-23)31-10-12-32-13-11-31)27-24(30(21)3)26-19-9-5-7-17(2)15-19/h4-10,15H,11-14H2,1-3H3,(H2,25,26,27,28,29);4-9,14-15H,10-13H2,1-3H3,(H,26,27)(H,25,28,29). The summed E-state index contributed by atoms with van der Waals surface area (Å²) in [5.41, 5.74) is 10.4. The first-order valence-corrected chi connectivity index (χ1v) is 21.7. The Balaban J connectivity index is 0.000000164. The van der Waals surface area contributed by atoms with Gasteiger partial charge in [0.05, 0.1) is 33.5 Å². The number of benzene rings is 4. The van der Waals surface area contributed by atoms with E-state index in [1.807, 2.05) is 84.2 Å². The second-order valence-corrected chi connectivity index (χ2v) is 16.1. The molecule has 0 bridgehead atoms. The summed E-state index contributed by atoms with van der Waals surface area (Å²) in [5.74, 6) is 4.92. The van der Waals surface area contributed by atoms with Crippen LogP contribution in [0.25, 0.3) is 22.3 Å². The van der Waals surface area contributed by atoms with E-state index in [2.05, 4.69) is 87.9 Å². The highest BCUT2D eigenvalue weighted by molar-refractivity contribution is 5.89. The van der Waals surface area contributed by atoms with Crippen LogP contribution in [0, 0.1) is 20.8 Å². The monoisotopic (exact) mass is 874 g/mol. The third-order valence-corrected chi connectivity index (χ3v) is 11.2. The molecule has 0 amide bonds. The highest BCUT2D eigenvalue weighted by Gasteiger charge is 2.24. The molecule has 0 unspecified atom stereocenters. The Morgan fingerprint density at radius 2 is 1.20 bits per heavy atom. The summed E-state index contributed by atoms with van der Waals surface area (Å²) >= 11 is 0. The molecular formula is C48H54N14O3. The van der Waals surface area contributed by atoms with Gasteiger partial charge < -0.3 is 49.8 Å². The molecule has 2 saturated heterocycles. The first-order chi connectivity index (χ1) is 31.7. The lowest BCUT2D eigenvalue weighted by Crippen LogP contribution is -2.37. The fourth-order valence-electron chi connectivity index (χ4n) is 7.78. The number of anilines is 10. The van der Waals surface area contributed by atoms with Crippen molar-refractivity contribution in [3.63, 3.8) is 0 Å². The van der Waals surface area contributed by atoms with Crippen molar-refractivity contribution in [2.24, 2.45) is 7.05 Å². The number of hydrogen-bond acceptors (Lipinski definition) is 15. The average molecular weight is 875 g/mol. The fraction of sp³-hybridized carbons (Fsp3) is 0.292. The van der Waals surface area contributed by atoms with Crippen LogP contribution >= 0.6 is 0 Å². The molecule has 8 aromatic rings. The maximum absolute atomic E-state index is 5.55. The van der Waals surface area contributed by atoms with E-state index in [9.17, 15) is 0 Å². The van der Waals surface area contributed by atoms with Gasteiger partial charge in [-0.15, -0.1) is 0 Å². The van der Waals surface area contributed by atoms with Gasteiger partial charge in [0.25, 0.3) is 0 Å². The number of morpholine rings is 2. The van der Waals surface area contributed by atoms with Crippen LogP contribution in [-0.2, 0) is 16.5 Å². The minimum atomic E-state index is 0.551. The molecular weight excluding hydrogens is 821 g/mol. The molecule has 10 rings (SSSR count). The molecule has 0 aliphatic carbocycles. The lowest BCUT2D eigenvalue weighted by atomic mass is 10.2. The van der Waals surface area contributed by atoms with Gasteiger partial charge >= 0.3 is 0 Å². The molecule has 0 radical (unpaired) electrons. The average Bonchev–Trinajstić information content (AvgIpc) is 3.88. The molecule has 0 saturated carbocycles. The van der Waals surface area contributed by atoms with Crippen LogP contribution in [-0.4, -0.2) is 106 Å². The number of H-pyrrole nitrogens is 1. The van der Waals surface area contributed by atoms with Crippen LogP contribution < -0.4 is 35.4 Å². The van der Waals surface area contributed by atoms with Gasteiger partial charge in [0, 0.05) is 63.0 Å². The summed E-state index contributed by atoms with van der Waals surface area (Å²) in [6.45, 7) is 11.9. The topological polar surface area (TPSA) is 172 Å². The van der Waals surface area contributed by atoms with E-state index in [0.717, 1.165) is 88.9 Å². The SMILES string of the molecule is COc1ccc(N(C)c2nc(N3CCOCC3)c3[nH]c(Nc4cccc(C)c4)nc3n2)cc1.Cc1cccc(Nc2nc(N3CCOCC3)c3nc(Nc4cccc(C)c4)n(C)c3n2)c1. The molecule has 4 N–H and O–H groups in total. The predicted molar refractivity (Wildman–Crippen MR) is 258 cm³/mol. The van der Waals surface area contributed by atoms with Crippen molar-refractivity contribution in [1.29, 1.82) is 0 Å². The Morgan fingerprint density at radius 3 is 1.78 bits per heavy atom. The van der Waals surface area contributed by atoms with Crippen molar-refractivity contribution in [1.82, 2.24) is 39.5 Å². The van der Waals surface area contributed by atoms with Gasteiger partial charge in [-0.3, -0.25) is 4.57 Å². The van der Waals surface area contributed by atoms with E-state index >= 15 is 0 Å². The molecule has 334 valence electrons. The number of methoxy groups -OCH3 is 1. The van der Waals surface area contributed by atoms with Crippen LogP contribution in [0.15, 0.2) is 97.1 Å². The largest absolute Gasteiger partial charge is 0.497 e.